The van der Waals surface area contributed by atoms with E-state index in [1.54, 1.807) is 0 Å². The summed E-state index contributed by atoms with van der Waals surface area (Å²) in [5.41, 5.74) is 3.24. The number of thiocarbonyl (C=S) groups is 1. The van der Waals surface area contributed by atoms with E-state index in [4.69, 9.17) is 17.0 Å². The first-order chi connectivity index (χ1) is 11.5. The van der Waals surface area contributed by atoms with Crippen molar-refractivity contribution in [2.24, 2.45) is 5.10 Å². The van der Waals surface area contributed by atoms with Gasteiger partial charge in [0.15, 0.2) is 16.6 Å². The number of hydrazone groups is 1. The molecule has 0 unspecified atom stereocenters. The fraction of sp³-hybridized carbons (Fsp3) is 0.0667. The Kier molecular flexibility index (Phi) is 5.63. The number of phenolic OH excluding ortho intramolecular Hbond substituents is 1. The summed E-state index contributed by atoms with van der Waals surface area (Å²) in [4.78, 5) is 10.3. The van der Waals surface area contributed by atoms with Crippen molar-refractivity contribution >= 4 is 34.9 Å². The molecule has 0 aromatic heterocycles. The number of nitro groups is 1. The fourth-order valence-electron chi connectivity index (χ4n) is 1.81. The van der Waals surface area contributed by atoms with Gasteiger partial charge in [0.1, 0.15) is 0 Å². The number of non-ortho nitro benzene ring substituents is 1. The average molecular weight is 346 g/mol. The van der Waals surface area contributed by atoms with Crippen molar-refractivity contribution in [3.8, 4) is 11.5 Å². The average Bonchev–Trinajstić information content (AvgIpc) is 2.57. The maximum atomic E-state index is 10.9. The van der Waals surface area contributed by atoms with Crippen LogP contribution in [0.4, 0.5) is 11.4 Å². The van der Waals surface area contributed by atoms with Crippen LogP contribution in [0.2, 0.25) is 0 Å². The number of nitrogens with zero attached hydrogens (tertiary/aromatic N) is 2. The normalized spacial score (nSPS) is 10.4. The summed E-state index contributed by atoms with van der Waals surface area (Å²) in [6.45, 7) is 0. The van der Waals surface area contributed by atoms with Crippen molar-refractivity contribution in [3.05, 3.63) is 58.1 Å². The first-order valence-electron chi connectivity index (χ1n) is 6.71. The first kappa shape index (κ1) is 17.2. The highest BCUT2D eigenvalue weighted by Gasteiger charge is 2.15. The third-order valence-corrected chi connectivity index (χ3v) is 3.11. The number of para-hydroxylation sites is 1. The molecule has 124 valence electrons. The Labute approximate surface area is 142 Å². The highest BCUT2D eigenvalue weighted by atomic mass is 32.1. The van der Waals surface area contributed by atoms with Crippen LogP contribution in [-0.2, 0) is 0 Å². The standard InChI is InChI=1S/C15H14N4O4S/c1-23-13-8-12(19(21)22)7-10(14(13)20)9-16-18-15(24)17-11-5-3-2-4-6-11/h2-9,20H,1H3,(H2,17,18,24)/b16-9+. The Bertz CT molecular complexity index is 781. The number of nitrogens with one attached hydrogen (secondary N) is 2. The Morgan fingerprint density at radius 3 is 2.71 bits per heavy atom. The molecule has 0 spiro atoms. The Morgan fingerprint density at radius 2 is 2.08 bits per heavy atom. The second-order valence-electron chi connectivity index (χ2n) is 4.53. The maximum absolute atomic E-state index is 10.9. The molecule has 0 saturated carbocycles. The molecule has 0 radical (unpaired) electrons. The van der Waals surface area contributed by atoms with Gasteiger partial charge in [0.25, 0.3) is 5.69 Å². The number of aromatic hydroxyl groups is 1. The van der Waals surface area contributed by atoms with Crippen LogP contribution < -0.4 is 15.5 Å². The zero-order valence-electron chi connectivity index (χ0n) is 12.6. The summed E-state index contributed by atoms with van der Waals surface area (Å²) in [7, 11) is 1.30. The summed E-state index contributed by atoms with van der Waals surface area (Å²) in [5, 5.41) is 27.9. The van der Waals surface area contributed by atoms with Gasteiger partial charge in [-0.3, -0.25) is 15.5 Å². The molecule has 0 heterocycles. The van der Waals surface area contributed by atoms with E-state index in [2.05, 4.69) is 15.8 Å². The summed E-state index contributed by atoms with van der Waals surface area (Å²) in [6.07, 6.45) is 1.21. The van der Waals surface area contributed by atoms with E-state index >= 15 is 0 Å². The third kappa shape index (κ3) is 4.40. The lowest BCUT2D eigenvalue weighted by Gasteiger charge is -2.07. The zero-order valence-corrected chi connectivity index (χ0v) is 13.4. The smallest absolute Gasteiger partial charge is 0.274 e. The lowest BCUT2D eigenvalue weighted by Crippen LogP contribution is -2.23. The zero-order chi connectivity index (χ0) is 17.5. The van der Waals surface area contributed by atoms with E-state index < -0.39 is 4.92 Å². The number of benzene rings is 2. The van der Waals surface area contributed by atoms with Crippen LogP contribution in [-0.4, -0.2) is 28.5 Å². The SMILES string of the molecule is COc1cc([N+](=O)[O-])cc(/C=N/NC(=S)Nc2ccccc2)c1O. The van der Waals surface area contributed by atoms with Crippen LogP contribution in [0.1, 0.15) is 5.56 Å². The number of methoxy groups -OCH3 is 1. The van der Waals surface area contributed by atoms with Crippen molar-refractivity contribution in [1.82, 2.24) is 5.43 Å². The minimum atomic E-state index is -0.589. The Hall–Kier alpha value is -3.20. The molecule has 0 aliphatic heterocycles. The first-order valence-corrected chi connectivity index (χ1v) is 7.12. The van der Waals surface area contributed by atoms with Crippen molar-refractivity contribution in [2.45, 2.75) is 0 Å². The van der Waals surface area contributed by atoms with Crippen LogP contribution in [0, 0.1) is 10.1 Å². The van der Waals surface area contributed by atoms with Gasteiger partial charge >= 0.3 is 0 Å². The monoisotopic (exact) mass is 346 g/mol. The molecular weight excluding hydrogens is 332 g/mol. The molecule has 0 fully saturated rings. The maximum Gasteiger partial charge on any atom is 0.274 e. The van der Waals surface area contributed by atoms with Crippen LogP contribution >= 0.6 is 12.2 Å². The molecule has 8 nitrogen and oxygen atoms in total. The Morgan fingerprint density at radius 1 is 1.38 bits per heavy atom. The Balaban J connectivity index is 2.09. The summed E-state index contributed by atoms with van der Waals surface area (Å²) < 4.78 is 4.91. The predicted molar refractivity (Wildman–Crippen MR) is 94.7 cm³/mol. The number of nitro benzene ring substituents is 1. The van der Waals surface area contributed by atoms with E-state index in [1.807, 2.05) is 30.3 Å². The molecule has 24 heavy (non-hydrogen) atoms. The summed E-state index contributed by atoms with van der Waals surface area (Å²) >= 11 is 5.07. The molecule has 9 heteroatoms. The van der Waals surface area contributed by atoms with Crippen LogP contribution in [0.5, 0.6) is 11.5 Å². The van der Waals surface area contributed by atoms with E-state index in [9.17, 15) is 15.2 Å². The molecule has 2 aromatic carbocycles. The van der Waals surface area contributed by atoms with Gasteiger partial charge in [0.2, 0.25) is 0 Å². The lowest BCUT2D eigenvalue weighted by molar-refractivity contribution is -0.385. The lowest BCUT2D eigenvalue weighted by atomic mass is 10.2. The van der Waals surface area contributed by atoms with E-state index in [1.165, 1.54) is 19.4 Å². The van der Waals surface area contributed by atoms with Gasteiger partial charge in [-0.05, 0) is 24.4 Å². The van der Waals surface area contributed by atoms with Gasteiger partial charge in [-0.2, -0.15) is 5.10 Å². The van der Waals surface area contributed by atoms with E-state index in [-0.39, 0.29) is 27.9 Å². The third-order valence-electron chi connectivity index (χ3n) is 2.92. The van der Waals surface area contributed by atoms with Crippen molar-refractivity contribution in [3.63, 3.8) is 0 Å². The summed E-state index contributed by atoms with van der Waals surface area (Å²) in [5.74, 6) is -0.272. The highest BCUT2D eigenvalue weighted by molar-refractivity contribution is 7.80. The van der Waals surface area contributed by atoms with E-state index in [0.29, 0.717) is 0 Å². The molecule has 0 aliphatic carbocycles. The van der Waals surface area contributed by atoms with Crippen LogP contribution in [0.15, 0.2) is 47.6 Å². The second kappa shape index (κ2) is 7.88. The summed E-state index contributed by atoms with van der Waals surface area (Å²) in [6, 6.07) is 11.5. The van der Waals surface area contributed by atoms with Crippen LogP contribution in [0.25, 0.3) is 0 Å². The second-order valence-corrected chi connectivity index (χ2v) is 4.94. The molecule has 0 aliphatic rings. The van der Waals surface area contributed by atoms with Crippen molar-refractivity contribution in [2.75, 3.05) is 12.4 Å². The number of ether oxygens (including phenoxy) is 1. The van der Waals surface area contributed by atoms with Gasteiger partial charge in [0.05, 0.1) is 24.3 Å². The number of hydrogen-bond donors (Lipinski definition) is 3. The minimum Gasteiger partial charge on any atom is -0.504 e. The number of phenols is 1. The quantitative estimate of drug-likeness (QED) is 0.330. The van der Waals surface area contributed by atoms with Gasteiger partial charge in [-0.1, -0.05) is 18.2 Å². The number of hydrogen-bond acceptors (Lipinski definition) is 6. The predicted octanol–water partition coefficient (Wildman–Crippen LogP) is 2.63. The van der Waals surface area contributed by atoms with Gasteiger partial charge in [-0.25, -0.2) is 0 Å². The number of rotatable bonds is 5. The molecule has 2 rings (SSSR count). The van der Waals surface area contributed by atoms with Gasteiger partial charge in [0, 0.05) is 17.3 Å². The molecule has 0 bridgehead atoms. The topological polar surface area (TPSA) is 109 Å². The largest absolute Gasteiger partial charge is 0.504 e. The van der Waals surface area contributed by atoms with E-state index in [0.717, 1.165) is 11.8 Å². The van der Waals surface area contributed by atoms with Crippen molar-refractivity contribution in [1.29, 1.82) is 0 Å². The van der Waals surface area contributed by atoms with Gasteiger partial charge < -0.3 is 15.2 Å². The molecule has 2 aromatic rings. The van der Waals surface area contributed by atoms with Gasteiger partial charge in [-0.15, -0.1) is 0 Å². The number of anilines is 1. The van der Waals surface area contributed by atoms with Crippen molar-refractivity contribution < 1.29 is 14.8 Å². The molecule has 0 saturated heterocycles. The highest BCUT2D eigenvalue weighted by Crippen LogP contribution is 2.33. The molecule has 0 atom stereocenters. The molecule has 0 amide bonds. The minimum absolute atomic E-state index is 0.0179. The fourth-order valence-corrected chi connectivity index (χ4v) is 1.99. The molecule has 3 N–H and O–H groups in total. The molecular formula is C15H14N4O4S. The van der Waals surface area contributed by atoms with Crippen LogP contribution in [0.3, 0.4) is 0 Å².